The second-order valence-electron chi connectivity index (χ2n) is 4.54. The largest absolute Gasteiger partial charge is 0.324 e. The molecule has 1 aromatic carbocycles. The van der Waals surface area contributed by atoms with Gasteiger partial charge in [0.15, 0.2) is 5.65 Å². The monoisotopic (exact) mass is 258 g/mol. The molecule has 5 heteroatoms. The number of nitrogens with one attached hydrogen (secondary N) is 1. The maximum absolute atomic E-state index is 5.07. The first-order chi connectivity index (χ1) is 8.61. The van der Waals surface area contributed by atoms with Gasteiger partial charge < -0.3 is 4.57 Å². The molecular formula is C13H14N4S. The van der Waals surface area contributed by atoms with E-state index in [1.807, 2.05) is 0 Å². The van der Waals surface area contributed by atoms with E-state index in [-0.39, 0.29) is 0 Å². The first-order valence-corrected chi connectivity index (χ1v) is 6.38. The number of fused-ring (bicyclic) bond motifs is 3. The number of aromatic amines is 1. The molecule has 18 heavy (non-hydrogen) atoms. The van der Waals surface area contributed by atoms with Crippen molar-refractivity contribution < 1.29 is 0 Å². The highest BCUT2D eigenvalue weighted by molar-refractivity contribution is 7.71. The lowest BCUT2D eigenvalue weighted by Crippen LogP contribution is -1.98. The third kappa shape index (κ3) is 1.47. The molecule has 2 heterocycles. The van der Waals surface area contributed by atoms with Crippen molar-refractivity contribution in [2.75, 3.05) is 0 Å². The third-order valence-electron chi connectivity index (χ3n) is 3.22. The molecule has 3 rings (SSSR count). The minimum atomic E-state index is 0.425. The summed E-state index contributed by atoms with van der Waals surface area (Å²) in [5.74, 6) is 0. The third-order valence-corrected chi connectivity index (χ3v) is 3.41. The highest BCUT2D eigenvalue weighted by Gasteiger charge is 2.14. The van der Waals surface area contributed by atoms with Crippen LogP contribution in [0, 0.1) is 18.6 Å². The van der Waals surface area contributed by atoms with Crippen LogP contribution < -0.4 is 0 Å². The highest BCUT2D eigenvalue weighted by atomic mass is 32.1. The van der Waals surface area contributed by atoms with Gasteiger partial charge in [-0.25, -0.2) is 0 Å². The molecule has 0 radical (unpaired) electrons. The zero-order valence-electron chi connectivity index (χ0n) is 10.6. The number of hydrogen-bond acceptors (Lipinski definition) is 3. The van der Waals surface area contributed by atoms with E-state index in [9.17, 15) is 0 Å². The van der Waals surface area contributed by atoms with Crippen LogP contribution in [0.3, 0.4) is 0 Å². The molecular weight excluding hydrogens is 244 g/mol. The minimum absolute atomic E-state index is 0.425. The number of benzene rings is 1. The molecule has 3 aromatic rings. The van der Waals surface area contributed by atoms with E-state index in [0.29, 0.717) is 4.77 Å². The summed E-state index contributed by atoms with van der Waals surface area (Å²) in [5.41, 5.74) is 5.45. The molecule has 0 spiro atoms. The van der Waals surface area contributed by atoms with Gasteiger partial charge in [0, 0.05) is 11.9 Å². The van der Waals surface area contributed by atoms with Gasteiger partial charge in [-0.1, -0.05) is 11.6 Å². The summed E-state index contributed by atoms with van der Waals surface area (Å²) in [6.07, 6.45) is 0. The number of aromatic nitrogens is 4. The predicted molar refractivity (Wildman–Crippen MR) is 75.4 cm³/mol. The van der Waals surface area contributed by atoms with Crippen molar-refractivity contribution in [3.63, 3.8) is 0 Å². The smallest absolute Gasteiger partial charge is 0.215 e. The first kappa shape index (κ1) is 11.3. The Morgan fingerprint density at radius 2 is 2.11 bits per heavy atom. The molecule has 92 valence electrons. The van der Waals surface area contributed by atoms with Gasteiger partial charge in [0.05, 0.1) is 5.52 Å². The van der Waals surface area contributed by atoms with Crippen LogP contribution in [0.15, 0.2) is 12.1 Å². The molecule has 0 aliphatic rings. The van der Waals surface area contributed by atoms with Crippen molar-refractivity contribution in [3.05, 3.63) is 28.0 Å². The molecule has 2 aromatic heterocycles. The second-order valence-corrected chi connectivity index (χ2v) is 4.92. The van der Waals surface area contributed by atoms with Gasteiger partial charge >= 0.3 is 0 Å². The molecule has 0 unspecified atom stereocenters. The average Bonchev–Trinajstić information content (AvgIpc) is 2.62. The van der Waals surface area contributed by atoms with E-state index in [2.05, 4.69) is 52.7 Å². The Bertz CT molecular complexity index is 813. The predicted octanol–water partition coefficient (Wildman–Crippen LogP) is 3.28. The van der Waals surface area contributed by atoms with Crippen molar-refractivity contribution in [1.82, 2.24) is 19.7 Å². The van der Waals surface area contributed by atoms with Gasteiger partial charge in [-0.3, -0.25) is 5.10 Å². The minimum Gasteiger partial charge on any atom is -0.324 e. The molecule has 0 saturated heterocycles. The van der Waals surface area contributed by atoms with Crippen LogP contribution >= 0.6 is 12.2 Å². The maximum Gasteiger partial charge on any atom is 0.215 e. The van der Waals surface area contributed by atoms with E-state index < -0.39 is 0 Å². The van der Waals surface area contributed by atoms with Crippen LogP contribution in [0.5, 0.6) is 0 Å². The SMILES string of the molecule is CCn1c2nc(=S)[nH]nc2c2cc(C)cc(C)c21. The molecule has 4 nitrogen and oxygen atoms in total. The number of nitrogens with zero attached hydrogens (tertiary/aromatic N) is 3. The van der Waals surface area contributed by atoms with E-state index in [1.165, 1.54) is 16.6 Å². The molecule has 1 N–H and O–H groups in total. The summed E-state index contributed by atoms with van der Waals surface area (Å²) in [5, 5.41) is 8.27. The van der Waals surface area contributed by atoms with E-state index in [0.717, 1.165) is 23.1 Å². The quantitative estimate of drug-likeness (QED) is 0.681. The van der Waals surface area contributed by atoms with Crippen molar-refractivity contribution in [1.29, 1.82) is 0 Å². The second kappa shape index (κ2) is 3.88. The number of aryl methyl sites for hydroxylation is 3. The Balaban J connectivity index is 2.65. The average molecular weight is 258 g/mol. The lowest BCUT2D eigenvalue weighted by atomic mass is 10.1. The lowest BCUT2D eigenvalue weighted by molar-refractivity contribution is 0.806. The van der Waals surface area contributed by atoms with E-state index >= 15 is 0 Å². The molecule has 0 amide bonds. The van der Waals surface area contributed by atoms with Crippen molar-refractivity contribution in [2.24, 2.45) is 0 Å². The molecule has 0 aliphatic carbocycles. The Hall–Kier alpha value is -1.75. The van der Waals surface area contributed by atoms with Crippen LogP contribution in [0.4, 0.5) is 0 Å². The zero-order chi connectivity index (χ0) is 12.9. The molecule has 0 saturated carbocycles. The van der Waals surface area contributed by atoms with Crippen molar-refractivity contribution in [3.8, 4) is 0 Å². The summed E-state index contributed by atoms with van der Waals surface area (Å²) in [4.78, 5) is 4.41. The molecule has 0 fully saturated rings. The van der Waals surface area contributed by atoms with Gasteiger partial charge in [-0.15, -0.1) is 0 Å². The molecule has 0 bridgehead atoms. The van der Waals surface area contributed by atoms with Crippen LogP contribution in [-0.2, 0) is 6.54 Å². The fourth-order valence-corrected chi connectivity index (χ4v) is 2.74. The van der Waals surface area contributed by atoms with Gasteiger partial charge in [-0.05, 0) is 44.6 Å². The molecule has 0 aliphatic heterocycles. The van der Waals surface area contributed by atoms with Crippen LogP contribution in [-0.4, -0.2) is 19.7 Å². The number of H-pyrrole nitrogens is 1. The zero-order valence-corrected chi connectivity index (χ0v) is 11.4. The first-order valence-electron chi connectivity index (χ1n) is 5.97. The van der Waals surface area contributed by atoms with Gasteiger partial charge in [-0.2, -0.15) is 10.1 Å². The summed E-state index contributed by atoms with van der Waals surface area (Å²) < 4.78 is 2.60. The number of rotatable bonds is 1. The van der Waals surface area contributed by atoms with Crippen molar-refractivity contribution in [2.45, 2.75) is 27.3 Å². The Morgan fingerprint density at radius 3 is 2.83 bits per heavy atom. The van der Waals surface area contributed by atoms with Crippen LogP contribution in [0.25, 0.3) is 22.1 Å². The van der Waals surface area contributed by atoms with E-state index in [4.69, 9.17) is 12.2 Å². The lowest BCUT2D eigenvalue weighted by Gasteiger charge is -2.05. The summed E-state index contributed by atoms with van der Waals surface area (Å²) in [6.45, 7) is 7.19. The Labute approximate surface area is 110 Å². The summed E-state index contributed by atoms with van der Waals surface area (Å²) in [6, 6.07) is 4.34. The fourth-order valence-electron chi connectivity index (χ4n) is 2.61. The highest BCUT2D eigenvalue weighted by Crippen LogP contribution is 2.29. The standard InChI is InChI=1S/C13H14N4S/c1-4-17-11-8(3)5-7(2)6-9(11)10-12(17)14-13(18)16-15-10/h5-6H,4H2,1-3H3,(H,14,16,18). The Morgan fingerprint density at radius 1 is 1.33 bits per heavy atom. The topological polar surface area (TPSA) is 46.5 Å². The Kier molecular flexibility index (Phi) is 2.45. The van der Waals surface area contributed by atoms with Gasteiger partial charge in [0.2, 0.25) is 4.77 Å². The summed E-state index contributed by atoms with van der Waals surface area (Å²) >= 11 is 5.07. The van der Waals surface area contributed by atoms with Gasteiger partial charge in [0.25, 0.3) is 0 Å². The summed E-state index contributed by atoms with van der Waals surface area (Å²) in [7, 11) is 0. The molecule has 0 atom stereocenters. The van der Waals surface area contributed by atoms with Crippen LogP contribution in [0.2, 0.25) is 0 Å². The van der Waals surface area contributed by atoms with Gasteiger partial charge in [0.1, 0.15) is 5.52 Å². The number of hydrogen-bond donors (Lipinski definition) is 1. The maximum atomic E-state index is 5.07. The fraction of sp³-hybridized carbons (Fsp3) is 0.308. The van der Waals surface area contributed by atoms with E-state index in [1.54, 1.807) is 0 Å². The normalized spacial score (nSPS) is 11.5. The van der Waals surface area contributed by atoms with Crippen molar-refractivity contribution >= 4 is 34.3 Å². The van der Waals surface area contributed by atoms with Crippen LogP contribution in [0.1, 0.15) is 18.1 Å².